The molecule has 6 nitrogen and oxygen atoms in total. The summed E-state index contributed by atoms with van der Waals surface area (Å²) in [7, 11) is 1.13. The van der Waals surface area contributed by atoms with Gasteiger partial charge < -0.3 is 14.2 Å². The molecule has 5 rings (SSSR count). The van der Waals surface area contributed by atoms with Crippen molar-refractivity contribution in [1.29, 1.82) is 0 Å². The van der Waals surface area contributed by atoms with Gasteiger partial charge in [-0.2, -0.15) is 13.2 Å². The third-order valence-electron chi connectivity index (χ3n) is 6.84. The number of hydrogen-bond acceptors (Lipinski definition) is 5. The van der Waals surface area contributed by atoms with E-state index in [2.05, 4.69) is 10.2 Å². The smallest absolute Gasteiger partial charge is 0.369 e. The molecule has 1 aromatic carbocycles. The van der Waals surface area contributed by atoms with E-state index in [0.29, 0.717) is 44.1 Å². The Morgan fingerprint density at radius 1 is 1.10 bits per heavy atom. The van der Waals surface area contributed by atoms with Gasteiger partial charge in [0.1, 0.15) is 11.2 Å². The summed E-state index contributed by atoms with van der Waals surface area (Å²) in [5.41, 5.74) is -0.279. The summed E-state index contributed by atoms with van der Waals surface area (Å²) in [6.45, 7) is 0.872. The van der Waals surface area contributed by atoms with E-state index < -0.39 is 22.9 Å². The van der Waals surface area contributed by atoms with Crippen LogP contribution < -0.4 is 0 Å². The van der Waals surface area contributed by atoms with Crippen LogP contribution in [0.1, 0.15) is 54.2 Å². The van der Waals surface area contributed by atoms with E-state index in [1.807, 2.05) is 28.8 Å². The molecule has 31 heavy (non-hydrogen) atoms. The molecule has 1 aromatic heterocycles. The van der Waals surface area contributed by atoms with E-state index in [4.69, 9.17) is 25.8 Å². The summed E-state index contributed by atoms with van der Waals surface area (Å²) >= 11 is 6.84. The summed E-state index contributed by atoms with van der Waals surface area (Å²) in [5, 5.41) is 8.05. The maximum absolute atomic E-state index is 13.6. The number of nitrogens with zero attached hydrogens (tertiary/aromatic N) is 3. The Morgan fingerprint density at radius 3 is 2.39 bits per heavy atom. The molecule has 0 amide bonds. The number of fused-ring (bicyclic) bond motifs is 3. The minimum atomic E-state index is -4.41. The maximum Gasteiger partial charge on any atom is 0.417 e. The number of halogens is 4. The monoisotopic (exact) mass is 457 g/mol. The highest BCUT2D eigenvalue weighted by Crippen LogP contribution is 2.50. The van der Waals surface area contributed by atoms with E-state index >= 15 is 0 Å². The molecular weight excluding hydrogens is 435 g/mol. The van der Waals surface area contributed by atoms with Gasteiger partial charge in [0.25, 0.3) is 0 Å². The second kappa shape index (κ2) is 7.43. The fourth-order valence-corrected chi connectivity index (χ4v) is 5.42. The normalized spacial score (nSPS) is 30.1. The highest BCUT2D eigenvalue weighted by atomic mass is 35.5. The van der Waals surface area contributed by atoms with Crippen LogP contribution >= 0.6 is 11.6 Å². The van der Waals surface area contributed by atoms with Crippen LogP contribution in [0.25, 0.3) is 5.69 Å². The highest BCUT2D eigenvalue weighted by Gasteiger charge is 2.57. The molecule has 1 aliphatic carbocycles. The molecular formula is C21H23ClF3N3O3. The summed E-state index contributed by atoms with van der Waals surface area (Å²) in [4.78, 5) is 0. The number of rotatable bonds is 2. The van der Waals surface area contributed by atoms with Gasteiger partial charge in [-0.05, 0) is 37.3 Å². The van der Waals surface area contributed by atoms with Gasteiger partial charge in [-0.1, -0.05) is 18.2 Å². The predicted octanol–water partition coefficient (Wildman–Crippen LogP) is 4.45. The SMILES string of the molecule is COC1(C(F)(F)F)CCC(c2nnc3n2-c2ccccc2CC2(OCCO2)C3Cl)CC1. The van der Waals surface area contributed by atoms with Gasteiger partial charge in [-0.25, -0.2) is 0 Å². The van der Waals surface area contributed by atoms with E-state index in [-0.39, 0.29) is 18.8 Å². The van der Waals surface area contributed by atoms with Gasteiger partial charge in [0, 0.05) is 19.4 Å². The van der Waals surface area contributed by atoms with Crippen molar-refractivity contribution in [3.05, 3.63) is 41.5 Å². The van der Waals surface area contributed by atoms with Crippen LogP contribution in [-0.4, -0.2) is 52.7 Å². The lowest BCUT2D eigenvalue weighted by Gasteiger charge is -2.40. The van der Waals surface area contributed by atoms with Crippen LogP contribution in [0.5, 0.6) is 0 Å². The minimum Gasteiger partial charge on any atom is -0.369 e. The molecule has 2 fully saturated rings. The molecule has 10 heteroatoms. The average molecular weight is 458 g/mol. The number of aromatic nitrogens is 3. The predicted molar refractivity (Wildman–Crippen MR) is 105 cm³/mol. The second-order valence-corrected chi connectivity index (χ2v) is 8.84. The molecule has 1 atom stereocenters. The molecule has 0 N–H and O–H groups in total. The van der Waals surface area contributed by atoms with Crippen molar-refractivity contribution < 1.29 is 27.4 Å². The summed E-state index contributed by atoms with van der Waals surface area (Å²) < 4.78 is 59.6. The molecule has 1 saturated carbocycles. The highest BCUT2D eigenvalue weighted by molar-refractivity contribution is 6.21. The minimum absolute atomic E-state index is 0.123. The number of ether oxygens (including phenoxy) is 3. The lowest BCUT2D eigenvalue weighted by atomic mass is 9.77. The van der Waals surface area contributed by atoms with Gasteiger partial charge >= 0.3 is 6.18 Å². The van der Waals surface area contributed by atoms with Gasteiger partial charge in [0.05, 0.1) is 18.9 Å². The average Bonchev–Trinajstić information content (AvgIpc) is 3.39. The van der Waals surface area contributed by atoms with Crippen molar-refractivity contribution in [3.8, 4) is 5.69 Å². The zero-order chi connectivity index (χ0) is 21.9. The number of alkyl halides is 4. The van der Waals surface area contributed by atoms with Crippen LogP contribution in [0.2, 0.25) is 0 Å². The number of para-hydroxylation sites is 1. The van der Waals surface area contributed by atoms with Crippen molar-refractivity contribution in [2.45, 2.75) is 61.0 Å². The van der Waals surface area contributed by atoms with Crippen molar-refractivity contribution in [2.24, 2.45) is 0 Å². The first-order valence-corrected chi connectivity index (χ1v) is 10.8. The second-order valence-electron chi connectivity index (χ2n) is 8.40. The fraction of sp³-hybridized carbons (Fsp3) is 0.619. The Hall–Kier alpha value is -1.68. The Kier molecular flexibility index (Phi) is 5.08. The van der Waals surface area contributed by atoms with E-state index in [1.165, 1.54) is 0 Å². The number of methoxy groups -OCH3 is 1. The first-order valence-electron chi connectivity index (χ1n) is 10.4. The third kappa shape index (κ3) is 3.20. The molecule has 3 aliphatic rings. The van der Waals surface area contributed by atoms with Crippen LogP contribution in [-0.2, 0) is 20.6 Å². The Bertz CT molecular complexity index is 966. The first kappa shape index (κ1) is 21.2. The Balaban J connectivity index is 1.54. The fourth-order valence-electron chi connectivity index (χ4n) is 5.08. The van der Waals surface area contributed by atoms with Gasteiger partial charge in [-0.3, -0.25) is 4.57 Å². The quantitative estimate of drug-likeness (QED) is 0.623. The van der Waals surface area contributed by atoms with Crippen molar-refractivity contribution in [3.63, 3.8) is 0 Å². The van der Waals surface area contributed by atoms with Gasteiger partial charge in [0.15, 0.2) is 17.2 Å². The third-order valence-corrected chi connectivity index (χ3v) is 7.36. The summed E-state index contributed by atoms with van der Waals surface area (Å²) in [6.07, 6.45) is -3.63. The standard InChI is InChI=1S/C21H23ClF3N3O3/c1-29-19(21(23,24)25)8-6-13(7-9-19)17-26-27-18-16(22)20(30-10-11-31-20)12-14-4-2-3-5-15(14)28(17)18/h2-5,13,16H,6-12H2,1H3. The van der Waals surface area contributed by atoms with Crippen LogP contribution in [0.4, 0.5) is 13.2 Å². The van der Waals surface area contributed by atoms with Crippen LogP contribution in [0.3, 0.4) is 0 Å². The molecule has 1 saturated heterocycles. The van der Waals surface area contributed by atoms with Crippen molar-refractivity contribution >= 4 is 11.6 Å². The van der Waals surface area contributed by atoms with Crippen LogP contribution in [0, 0.1) is 0 Å². The molecule has 3 heterocycles. The maximum atomic E-state index is 13.6. The zero-order valence-corrected chi connectivity index (χ0v) is 17.7. The Labute approximate surface area is 182 Å². The van der Waals surface area contributed by atoms with E-state index in [0.717, 1.165) is 18.4 Å². The molecule has 1 spiro atoms. The van der Waals surface area contributed by atoms with Gasteiger partial charge in [-0.15, -0.1) is 21.8 Å². The molecule has 0 bridgehead atoms. The largest absolute Gasteiger partial charge is 0.417 e. The number of hydrogen-bond donors (Lipinski definition) is 0. The van der Waals surface area contributed by atoms with E-state index in [9.17, 15) is 13.2 Å². The lowest BCUT2D eigenvalue weighted by molar-refractivity contribution is -0.280. The molecule has 0 radical (unpaired) electrons. The van der Waals surface area contributed by atoms with Crippen molar-refractivity contribution in [1.82, 2.24) is 14.8 Å². The lowest BCUT2D eigenvalue weighted by Crippen LogP contribution is -2.49. The Morgan fingerprint density at radius 2 is 1.74 bits per heavy atom. The number of benzene rings is 1. The molecule has 2 aliphatic heterocycles. The molecule has 2 aromatic rings. The summed E-state index contributed by atoms with van der Waals surface area (Å²) in [5.74, 6) is -0.120. The van der Waals surface area contributed by atoms with Gasteiger partial charge in [0.2, 0.25) is 0 Å². The zero-order valence-electron chi connectivity index (χ0n) is 17.0. The van der Waals surface area contributed by atoms with E-state index in [1.54, 1.807) is 0 Å². The van der Waals surface area contributed by atoms with Crippen LogP contribution in [0.15, 0.2) is 24.3 Å². The molecule has 168 valence electrons. The topological polar surface area (TPSA) is 58.4 Å². The summed E-state index contributed by atoms with van der Waals surface area (Å²) in [6, 6.07) is 7.76. The molecule has 1 unspecified atom stereocenters. The van der Waals surface area contributed by atoms with Crippen molar-refractivity contribution in [2.75, 3.05) is 20.3 Å². The first-order chi connectivity index (χ1) is 14.8.